The number of rotatable bonds is 5. The lowest BCUT2D eigenvalue weighted by molar-refractivity contribution is -0.137. The SMILES string of the molecule is Cc1ccc(Cl)c(NC(=O)N(CC(N)=O)CC(=O)O)c1. The van der Waals surface area contributed by atoms with Crippen molar-refractivity contribution in [3.63, 3.8) is 0 Å². The van der Waals surface area contributed by atoms with Gasteiger partial charge in [-0.05, 0) is 24.6 Å². The first-order chi connectivity index (χ1) is 9.29. The van der Waals surface area contributed by atoms with Crippen LogP contribution in [0.15, 0.2) is 18.2 Å². The Morgan fingerprint density at radius 1 is 1.35 bits per heavy atom. The maximum Gasteiger partial charge on any atom is 0.323 e. The third-order valence-electron chi connectivity index (χ3n) is 2.32. The highest BCUT2D eigenvalue weighted by molar-refractivity contribution is 6.33. The van der Waals surface area contributed by atoms with E-state index in [1.54, 1.807) is 18.2 Å². The second-order valence-electron chi connectivity index (χ2n) is 4.13. The quantitative estimate of drug-likeness (QED) is 0.754. The summed E-state index contributed by atoms with van der Waals surface area (Å²) in [5, 5.41) is 11.5. The first-order valence-electron chi connectivity index (χ1n) is 5.61. The number of halogens is 1. The number of anilines is 1. The summed E-state index contributed by atoms with van der Waals surface area (Å²) in [6, 6.07) is 4.22. The number of urea groups is 1. The van der Waals surface area contributed by atoms with Crippen molar-refractivity contribution in [2.24, 2.45) is 5.73 Å². The smallest absolute Gasteiger partial charge is 0.323 e. The van der Waals surface area contributed by atoms with Crippen LogP contribution in [0.3, 0.4) is 0 Å². The van der Waals surface area contributed by atoms with Gasteiger partial charge < -0.3 is 21.1 Å². The molecule has 8 heteroatoms. The zero-order valence-corrected chi connectivity index (χ0v) is 11.5. The summed E-state index contributed by atoms with van der Waals surface area (Å²) >= 11 is 5.92. The van der Waals surface area contributed by atoms with Crippen molar-refractivity contribution in [1.82, 2.24) is 4.90 Å². The highest BCUT2D eigenvalue weighted by Crippen LogP contribution is 2.22. The maximum absolute atomic E-state index is 11.9. The second kappa shape index (κ2) is 6.76. The minimum Gasteiger partial charge on any atom is -0.480 e. The number of carboxylic acid groups (broad SMARTS) is 1. The van der Waals surface area contributed by atoms with Gasteiger partial charge in [-0.15, -0.1) is 0 Å². The number of nitrogens with zero attached hydrogens (tertiary/aromatic N) is 1. The molecule has 0 fully saturated rings. The standard InChI is InChI=1S/C12H14ClN3O4/c1-7-2-3-8(13)9(4-7)15-12(20)16(5-10(14)17)6-11(18)19/h2-4H,5-6H2,1H3,(H2,14,17)(H,15,20)(H,18,19). The van der Waals surface area contributed by atoms with Crippen molar-refractivity contribution in [2.75, 3.05) is 18.4 Å². The fourth-order valence-electron chi connectivity index (χ4n) is 1.48. The lowest BCUT2D eigenvalue weighted by atomic mass is 10.2. The van der Waals surface area contributed by atoms with Crippen molar-refractivity contribution < 1.29 is 19.5 Å². The van der Waals surface area contributed by atoms with E-state index in [4.69, 9.17) is 22.4 Å². The van der Waals surface area contributed by atoms with Gasteiger partial charge in [0.15, 0.2) is 0 Å². The number of primary amides is 1. The van der Waals surface area contributed by atoms with Gasteiger partial charge in [0.25, 0.3) is 0 Å². The predicted octanol–water partition coefficient (Wildman–Crippen LogP) is 1.05. The molecule has 0 atom stereocenters. The summed E-state index contributed by atoms with van der Waals surface area (Å²) in [7, 11) is 0. The van der Waals surface area contributed by atoms with Crippen LogP contribution in [0.1, 0.15) is 5.56 Å². The van der Waals surface area contributed by atoms with Crippen molar-refractivity contribution in [3.8, 4) is 0 Å². The highest BCUT2D eigenvalue weighted by Gasteiger charge is 2.19. The Morgan fingerprint density at radius 3 is 2.55 bits per heavy atom. The Morgan fingerprint density at radius 2 is 2.00 bits per heavy atom. The number of aryl methyl sites for hydroxylation is 1. The van der Waals surface area contributed by atoms with Crippen molar-refractivity contribution in [3.05, 3.63) is 28.8 Å². The Balaban J connectivity index is 2.86. The molecule has 0 aliphatic carbocycles. The van der Waals surface area contributed by atoms with Crippen LogP contribution in [0.4, 0.5) is 10.5 Å². The number of benzene rings is 1. The summed E-state index contributed by atoms with van der Waals surface area (Å²) in [6.45, 7) is 0.671. The molecule has 4 N–H and O–H groups in total. The first-order valence-corrected chi connectivity index (χ1v) is 5.99. The van der Waals surface area contributed by atoms with E-state index in [9.17, 15) is 14.4 Å². The van der Waals surface area contributed by atoms with Crippen LogP contribution in [-0.4, -0.2) is 41.0 Å². The first kappa shape index (κ1) is 15.8. The minimum absolute atomic E-state index is 0.304. The number of carbonyl (C=O) groups excluding carboxylic acids is 2. The summed E-state index contributed by atoms with van der Waals surface area (Å²) in [6.07, 6.45) is 0. The van der Waals surface area contributed by atoms with Crippen LogP contribution in [0.2, 0.25) is 5.02 Å². The Hall–Kier alpha value is -2.28. The van der Waals surface area contributed by atoms with Gasteiger partial charge in [0, 0.05) is 0 Å². The van der Waals surface area contributed by atoms with E-state index in [1.165, 1.54) is 0 Å². The normalized spacial score (nSPS) is 9.90. The van der Waals surface area contributed by atoms with E-state index in [0.717, 1.165) is 10.5 Å². The summed E-state index contributed by atoms with van der Waals surface area (Å²) in [5.41, 5.74) is 6.17. The fourth-order valence-corrected chi connectivity index (χ4v) is 1.64. The van der Waals surface area contributed by atoms with Crippen molar-refractivity contribution in [1.29, 1.82) is 0 Å². The monoisotopic (exact) mass is 299 g/mol. The van der Waals surface area contributed by atoms with Crippen LogP contribution >= 0.6 is 11.6 Å². The number of carboxylic acids is 1. The number of amides is 3. The Bertz CT molecular complexity index is 532. The molecule has 3 amide bonds. The maximum atomic E-state index is 11.9. The predicted molar refractivity (Wildman–Crippen MR) is 73.6 cm³/mol. The molecular formula is C12H14ClN3O4. The van der Waals surface area contributed by atoms with Gasteiger partial charge in [-0.1, -0.05) is 17.7 Å². The molecule has 0 radical (unpaired) electrons. The molecule has 7 nitrogen and oxygen atoms in total. The average Bonchev–Trinajstić information content (AvgIpc) is 2.31. The van der Waals surface area contributed by atoms with Gasteiger partial charge in [-0.2, -0.15) is 0 Å². The molecule has 1 rings (SSSR count). The molecule has 0 saturated heterocycles. The van der Waals surface area contributed by atoms with Crippen molar-refractivity contribution >= 4 is 35.2 Å². The molecule has 0 bridgehead atoms. The topological polar surface area (TPSA) is 113 Å². The van der Waals surface area contributed by atoms with E-state index in [-0.39, 0.29) is 0 Å². The van der Waals surface area contributed by atoms with Crippen LogP contribution in [-0.2, 0) is 9.59 Å². The van der Waals surface area contributed by atoms with Crippen LogP contribution in [0.25, 0.3) is 0 Å². The average molecular weight is 300 g/mol. The van der Waals surface area contributed by atoms with E-state index in [0.29, 0.717) is 10.7 Å². The second-order valence-corrected chi connectivity index (χ2v) is 4.54. The molecule has 0 unspecified atom stereocenters. The molecule has 0 aliphatic heterocycles. The molecule has 108 valence electrons. The number of hydrogen-bond donors (Lipinski definition) is 3. The van der Waals surface area contributed by atoms with Crippen molar-refractivity contribution in [2.45, 2.75) is 6.92 Å². The van der Waals surface area contributed by atoms with E-state index in [1.807, 2.05) is 6.92 Å². The lowest BCUT2D eigenvalue weighted by Gasteiger charge is -2.20. The van der Waals surface area contributed by atoms with E-state index < -0.39 is 31.0 Å². The molecule has 0 saturated carbocycles. The van der Waals surface area contributed by atoms with Crippen LogP contribution in [0, 0.1) is 6.92 Å². The zero-order chi connectivity index (χ0) is 15.3. The fraction of sp³-hybridized carbons (Fsp3) is 0.250. The molecule has 1 aromatic carbocycles. The summed E-state index contributed by atoms with van der Waals surface area (Å²) in [5.74, 6) is -2.06. The molecule has 0 heterocycles. The Labute approximate surface area is 120 Å². The van der Waals surface area contributed by atoms with Gasteiger partial charge in [-0.25, -0.2) is 4.79 Å². The van der Waals surface area contributed by atoms with E-state index >= 15 is 0 Å². The third kappa shape index (κ3) is 4.77. The summed E-state index contributed by atoms with van der Waals surface area (Å²) in [4.78, 5) is 34.2. The molecule has 20 heavy (non-hydrogen) atoms. The number of nitrogens with one attached hydrogen (secondary N) is 1. The molecule has 0 aliphatic rings. The van der Waals surface area contributed by atoms with Gasteiger partial charge in [0.2, 0.25) is 5.91 Å². The zero-order valence-electron chi connectivity index (χ0n) is 10.7. The molecule has 0 aromatic heterocycles. The van der Waals surface area contributed by atoms with Gasteiger partial charge in [0.05, 0.1) is 10.7 Å². The van der Waals surface area contributed by atoms with Gasteiger partial charge >= 0.3 is 12.0 Å². The largest absolute Gasteiger partial charge is 0.480 e. The Kier molecular flexibility index (Phi) is 5.33. The van der Waals surface area contributed by atoms with Gasteiger partial charge in [0.1, 0.15) is 13.1 Å². The van der Waals surface area contributed by atoms with Crippen LogP contribution in [0.5, 0.6) is 0 Å². The number of carbonyl (C=O) groups is 3. The minimum atomic E-state index is -1.25. The van der Waals surface area contributed by atoms with E-state index in [2.05, 4.69) is 5.32 Å². The summed E-state index contributed by atoms with van der Waals surface area (Å²) < 4.78 is 0. The molecular weight excluding hydrogens is 286 g/mol. The molecule has 1 aromatic rings. The van der Waals surface area contributed by atoms with Gasteiger partial charge in [-0.3, -0.25) is 9.59 Å². The third-order valence-corrected chi connectivity index (χ3v) is 2.65. The highest BCUT2D eigenvalue weighted by atomic mass is 35.5. The molecule has 0 spiro atoms. The number of nitrogens with two attached hydrogens (primary N) is 1. The number of aliphatic carboxylic acids is 1. The number of hydrogen-bond acceptors (Lipinski definition) is 3. The lowest BCUT2D eigenvalue weighted by Crippen LogP contribution is -2.43. The van der Waals surface area contributed by atoms with Crippen LogP contribution < -0.4 is 11.1 Å².